The van der Waals surface area contributed by atoms with Gasteiger partial charge in [-0.2, -0.15) is 10.2 Å². The van der Waals surface area contributed by atoms with Crippen molar-refractivity contribution in [2.45, 2.75) is 38.9 Å². The van der Waals surface area contributed by atoms with Crippen LogP contribution in [0.2, 0.25) is 0 Å². The molecule has 33 heavy (non-hydrogen) atoms. The number of carbonyl (C=O) groups excluding carboxylic acids is 1. The van der Waals surface area contributed by atoms with E-state index in [4.69, 9.17) is 5.73 Å². The predicted molar refractivity (Wildman–Crippen MR) is 123 cm³/mol. The topological polar surface area (TPSA) is 119 Å². The van der Waals surface area contributed by atoms with Gasteiger partial charge in [0.1, 0.15) is 11.2 Å². The van der Waals surface area contributed by atoms with E-state index in [-0.39, 0.29) is 28.3 Å². The summed E-state index contributed by atoms with van der Waals surface area (Å²) >= 11 is 0. The minimum absolute atomic E-state index is 0.0671. The number of anilines is 1. The summed E-state index contributed by atoms with van der Waals surface area (Å²) in [7, 11) is 0. The van der Waals surface area contributed by atoms with Crippen LogP contribution in [0.5, 0.6) is 0 Å². The highest BCUT2D eigenvalue weighted by Crippen LogP contribution is 2.50. The predicted octanol–water partition coefficient (Wildman–Crippen LogP) is 3.20. The molecule has 0 atom stereocenters. The maximum Gasteiger partial charge on any atom is 0.275 e. The van der Waals surface area contributed by atoms with Crippen LogP contribution in [0.1, 0.15) is 45.6 Å². The molecule has 0 spiro atoms. The van der Waals surface area contributed by atoms with Crippen LogP contribution < -0.4 is 16.6 Å². The molecule has 8 nitrogen and oxygen atoms in total. The maximum atomic E-state index is 14.9. The number of aromatic amines is 1. The van der Waals surface area contributed by atoms with E-state index in [1.807, 2.05) is 44.2 Å². The molecule has 168 valence electrons. The highest BCUT2D eigenvalue weighted by molar-refractivity contribution is 5.95. The standard InChI is InChI=1S/C24H23FN6O2/c1-13-3-4-14(2)17(11-13)22(32)27-12-15-5-7-16(8-6-15)31-19-18(23(33)29-28-21(19)26)20(30-31)24(25)9-10-24/h3-8,11H,9-10,12H2,1-2H3,(H2,26,28)(H,27,32)(H,29,33). The second-order valence-electron chi connectivity index (χ2n) is 8.55. The maximum absolute atomic E-state index is 14.9. The largest absolute Gasteiger partial charge is 0.380 e. The first kappa shape index (κ1) is 20.9. The number of nitrogen functional groups attached to an aromatic ring is 1. The number of fused-ring (bicyclic) bond motifs is 1. The molecule has 0 aliphatic heterocycles. The lowest BCUT2D eigenvalue weighted by atomic mass is 10.0. The lowest BCUT2D eigenvalue weighted by Gasteiger charge is -2.10. The van der Waals surface area contributed by atoms with E-state index in [0.29, 0.717) is 30.6 Å². The van der Waals surface area contributed by atoms with Gasteiger partial charge in [-0.1, -0.05) is 29.8 Å². The molecular formula is C24H23FN6O2. The van der Waals surface area contributed by atoms with E-state index < -0.39 is 11.2 Å². The number of aryl methyl sites for hydroxylation is 2. The number of nitrogens with zero attached hydrogens (tertiary/aromatic N) is 3. The minimum Gasteiger partial charge on any atom is -0.380 e. The first-order chi connectivity index (χ1) is 15.8. The number of rotatable bonds is 5. The van der Waals surface area contributed by atoms with E-state index in [1.165, 1.54) is 4.68 Å². The third kappa shape index (κ3) is 3.65. The Balaban J connectivity index is 1.42. The number of nitrogens with two attached hydrogens (primary N) is 1. The highest BCUT2D eigenvalue weighted by atomic mass is 19.1. The van der Waals surface area contributed by atoms with E-state index in [0.717, 1.165) is 16.7 Å². The molecule has 1 saturated carbocycles. The second-order valence-corrected chi connectivity index (χ2v) is 8.55. The van der Waals surface area contributed by atoms with Crippen molar-refractivity contribution in [2.75, 3.05) is 5.73 Å². The average Bonchev–Trinajstić information content (AvgIpc) is 3.41. The van der Waals surface area contributed by atoms with Crippen LogP contribution in [0.3, 0.4) is 0 Å². The summed E-state index contributed by atoms with van der Waals surface area (Å²) in [6.45, 7) is 4.19. The van der Waals surface area contributed by atoms with E-state index in [9.17, 15) is 14.0 Å². The zero-order valence-electron chi connectivity index (χ0n) is 18.3. The number of hydrogen-bond acceptors (Lipinski definition) is 5. The normalized spacial score (nSPS) is 14.4. The fourth-order valence-electron chi connectivity index (χ4n) is 3.95. The lowest BCUT2D eigenvalue weighted by molar-refractivity contribution is 0.0950. The van der Waals surface area contributed by atoms with Crippen molar-refractivity contribution in [3.8, 4) is 5.69 Å². The van der Waals surface area contributed by atoms with Gasteiger partial charge in [0.2, 0.25) is 0 Å². The molecule has 0 radical (unpaired) electrons. The van der Waals surface area contributed by atoms with Crippen molar-refractivity contribution in [1.82, 2.24) is 25.3 Å². The Kier molecular flexibility index (Phi) is 4.77. The van der Waals surface area contributed by atoms with Gasteiger partial charge in [0.05, 0.1) is 11.1 Å². The van der Waals surface area contributed by atoms with Crippen molar-refractivity contribution in [3.05, 3.63) is 80.8 Å². The van der Waals surface area contributed by atoms with Crippen molar-refractivity contribution in [1.29, 1.82) is 0 Å². The van der Waals surface area contributed by atoms with Crippen molar-refractivity contribution >= 4 is 22.6 Å². The molecule has 1 amide bonds. The number of nitrogens with one attached hydrogen (secondary N) is 2. The third-order valence-electron chi connectivity index (χ3n) is 6.02. The SMILES string of the molecule is Cc1ccc(C)c(C(=O)NCc2ccc(-n3nc(C4(F)CC4)c4c(=O)[nH]nc(N)c43)cc2)c1. The average molecular weight is 446 g/mol. The fourth-order valence-corrected chi connectivity index (χ4v) is 3.95. The minimum atomic E-state index is -1.61. The van der Waals surface area contributed by atoms with E-state index in [1.54, 1.807) is 12.1 Å². The first-order valence-electron chi connectivity index (χ1n) is 10.7. The third-order valence-corrected chi connectivity index (χ3v) is 6.02. The summed E-state index contributed by atoms with van der Waals surface area (Å²) < 4.78 is 16.4. The highest BCUT2D eigenvalue weighted by Gasteiger charge is 2.49. The van der Waals surface area contributed by atoms with Gasteiger partial charge in [-0.25, -0.2) is 14.2 Å². The number of alkyl halides is 1. The smallest absolute Gasteiger partial charge is 0.275 e. The molecule has 2 aromatic heterocycles. The van der Waals surface area contributed by atoms with Gasteiger partial charge < -0.3 is 11.1 Å². The molecule has 1 fully saturated rings. The van der Waals surface area contributed by atoms with Gasteiger partial charge >= 0.3 is 0 Å². The number of carbonyl (C=O) groups is 1. The number of hydrogen-bond donors (Lipinski definition) is 3. The van der Waals surface area contributed by atoms with Gasteiger partial charge in [0.25, 0.3) is 11.5 Å². The molecule has 0 bridgehead atoms. The molecule has 2 heterocycles. The lowest BCUT2D eigenvalue weighted by Crippen LogP contribution is -2.23. The van der Waals surface area contributed by atoms with Crippen LogP contribution in [0.25, 0.3) is 16.6 Å². The van der Waals surface area contributed by atoms with Gasteiger partial charge in [0.15, 0.2) is 11.5 Å². The number of H-pyrrole nitrogens is 1. The Morgan fingerprint density at radius 1 is 1.21 bits per heavy atom. The number of aromatic nitrogens is 4. The molecular weight excluding hydrogens is 423 g/mol. The summed E-state index contributed by atoms with van der Waals surface area (Å²) in [6.07, 6.45) is 0.639. The molecule has 4 N–H and O–H groups in total. The van der Waals surface area contributed by atoms with E-state index in [2.05, 4.69) is 20.6 Å². The Bertz CT molecular complexity index is 1450. The molecule has 4 aromatic rings. The first-order valence-corrected chi connectivity index (χ1v) is 10.7. The van der Waals surface area contributed by atoms with Crippen molar-refractivity contribution in [2.24, 2.45) is 0 Å². The molecule has 2 aromatic carbocycles. The zero-order chi connectivity index (χ0) is 23.3. The molecule has 0 unspecified atom stereocenters. The Morgan fingerprint density at radius 3 is 2.64 bits per heavy atom. The van der Waals surface area contributed by atoms with Gasteiger partial charge in [-0.3, -0.25) is 9.59 Å². The van der Waals surface area contributed by atoms with Crippen LogP contribution in [0, 0.1) is 13.8 Å². The second kappa shape index (κ2) is 7.54. The van der Waals surface area contributed by atoms with Gasteiger partial charge in [0, 0.05) is 12.1 Å². The fraction of sp³-hybridized carbons (Fsp3) is 0.250. The Hall–Kier alpha value is -4.01. The molecule has 5 rings (SSSR count). The van der Waals surface area contributed by atoms with E-state index >= 15 is 0 Å². The van der Waals surface area contributed by atoms with Crippen molar-refractivity contribution in [3.63, 3.8) is 0 Å². The summed E-state index contributed by atoms with van der Waals surface area (Å²) in [6, 6.07) is 13.0. The quantitative estimate of drug-likeness (QED) is 0.435. The Morgan fingerprint density at radius 2 is 1.94 bits per heavy atom. The van der Waals surface area contributed by atoms with Crippen LogP contribution in [0.15, 0.2) is 47.3 Å². The van der Waals surface area contributed by atoms with Crippen LogP contribution in [0.4, 0.5) is 10.2 Å². The molecule has 0 saturated heterocycles. The van der Waals surface area contributed by atoms with Crippen LogP contribution in [-0.2, 0) is 12.2 Å². The van der Waals surface area contributed by atoms with Gasteiger partial charge in [-0.05, 0) is 56.0 Å². The summed E-state index contributed by atoms with van der Waals surface area (Å²) in [5.74, 6) is -0.0730. The number of halogens is 1. The number of benzene rings is 2. The molecule has 1 aliphatic carbocycles. The van der Waals surface area contributed by atoms with Gasteiger partial charge in [-0.15, -0.1) is 0 Å². The molecule has 9 heteroatoms. The zero-order valence-corrected chi connectivity index (χ0v) is 18.3. The number of amides is 1. The van der Waals surface area contributed by atoms with Crippen LogP contribution >= 0.6 is 0 Å². The summed E-state index contributed by atoms with van der Waals surface area (Å²) in [5, 5.41) is 13.6. The summed E-state index contributed by atoms with van der Waals surface area (Å²) in [4.78, 5) is 25.0. The Labute approximate surface area is 188 Å². The van der Waals surface area contributed by atoms with Crippen molar-refractivity contribution < 1.29 is 9.18 Å². The van der Waals surface area contributed by atoms with Crippen LogP contribution in [-0.4, -0.2) is 25.9 Å². The molecule has 1 aliphatic rings. The monoisotopic (exact) mass is 446 g/mol. The summed E-state index contributed by atoms with van der Waals surface area (Å²) in [5.41, 5.74) is 8.34.